The van der Waals surface area contributed by atoms with E-state index in [2.05, 4.69) is 20.6 Å². The van der Waals surface area contributed by atoms with E-state index in [-0.39, 0.29) is 18.9 Å². The van der Waals surface area contributed by atoms with Crippen molar-refractivity contribution < 1.29 is 19.1 Å². The molecule has 2 heterocycles. The number of rotatable bonds is 6. The van der Waals surface area contributed by atoms with Gasteiger partial charge in [0.2, 0.25) is 11.9 Å². The van der Waals surface area contributed by atoms with Gasteiger partial charge in [0.15, 0.2) is 0 Å². The molecule has 0 radical (unpaired) electrons. The van der Waals surface area contributed by atoms with E-state index in [1.54, 1.807) is 41.6 Å². The zero-order valence-electron chi connectivity index (χ0n) is 17.6. The smallest absolute Gasteiger partial charge is 0.337 e. The summed E-state index contributed by atoms with van der Waals surface area (Å²) in [5.74, 6) is 0.172. The normalized spacial score (nSPS) is 13.5. The number of hydrogen-bond donors (Lipinski definition) is 2. The highest BCUT2D eigenvalue weighted by Crippen LogP contribution is 2.17. The Morgan fingerprint density at radius 1 is 1.10 bits per heavy atom. The molecule has 0 saturated carbocycles. The number of amides is 3. The molecule has 10 nitrogen and oxygen atoms in total. The zero-order valence-corrected chi connectivity index (χ0v) is 17.6. The van der Waals surface area contributed by atoms with E-state index in [1.807, 2.05) is 11.8 Å². The number of anilines is 2. The average Bonchev–Trinajstić information content (AvgIpc) is 2.80. The van der Waals surface area contributed by atoms with Crippen LogP contribution in [-0.2, 0) is 9.53 Å². The number of aromatic nitrogens is 2. The largest absolute Gasteiger partial charge is 0.465 e. The van der Waals surface area contributed by atoms with E-state index >= 15 is 0 Å². The molecule has 3 rings (SSSR count). The van der Waals surface area contributed by atoms with Crippen LogP contribution in [-0.4, -0.2) is 72.6 Å². The number of benzene rings is 1. The monoisotopic (exact) mass is 426 g/mol. The number of urea groups is 1. The Bertz CT molecular complexity index is 929. The molecular weight excluding hydrogens is 400 g/mol. The van der Waals surface area contributed by atoms with Crippen molar-refractivity contribution in [1.82, 2.24) is 20.2 Å². The first kappa shape index (κ1) is 22.0. The molecule has 10 heteroatoms. The summed E-state index contributed by atoms with van der Waals surface area (Å²) in [4.78, 5) is 48.6. The number of aryl methyl sites for hydroxylation is 1. The number of esters is 1. The lowest BCUT2D eigenvalue weighted by Crippen LogP contribution is -2.49. The molecule has 2 aromatic rings. The number of nitrogens with one attached hydrogen (secondary N) is 2. The van der Waals surface area contributed by atoms with Crippen LogP contribution in [0.3, 0.4) is 0 Å². The average molecular weight is 426 g/mol. The molecule has 1 aromatic heterocycles. The summed E-state index contributed by atoms with van der Waals surface area (Å²) in [5, 5.41) is 5.39. The molecule has 1 fully saturated rings. The second kappa shape index (κ2) is 10.4. The molecule has 0 aliphatic carbocycles. The zero-order chi connectivity index (χ0) is 22.2. The summed E-state index contributed by atoms with van der Waals surface area (Å²) in [7, 11) is 1.30. The maximum absolute atomic E-state index is 12.4. The Kier molecular flexibility index (Phi) is 7.36. The third-order valence-electron chi connectivity index (χ3n) is 5.00. The van der Waals surface area contributed by atoms with Gasteiger partial charge in [0.1, 0.15) is 0 Å². The molecule has 0 spiro atoms. The minimum atomic E-state index is -0.479. The van der Waals surface area contributed by atoms with E-state index in [9.17, 15) is 14.4 Å². The summed E-state index contributed by atoms with van der Waals surface area (Å²) < 4.78 is 4.70. The Morgan fingerprint density at radius 2 is 1.81 bits per heavy atom. The molecule has 0 unspecified atom stereocenters. The summed E-state index contributed by atoms with van der Waals surface area (Å²) >= 11 is 0. The van der Waals surface area contributed by atoms with Gasteiger partial charge in [-0.15, -0.1) is 0 Å². The van der Waals surface area contributed by atoms with Crippen LogP contribution in [0.2, 0.25) is 0 Å². The van der Waals surface area contributed by atoms with E-state index < -0.39 is 12.0 Å². The molecule has 2 N–H and O–H groups in total. The van der Waals surface area contributed by atoms with Crippen molar-refractivity contribution >= 4 is 29.5 Å². The van der Waals surface area contributed by atoms with Crippen LogP contribution in [0.25, 0.3) is 0 Å². The minimum absolute atomic E-state index is 0.0159. The quantitative estimate of drug-likeness (QED) is 0.671. The van der Waals surface area contributed by atoms with Crippen molar-refractivity contribution in [3.63, 3.8) is 0 Å². The highest BCUT2D eigenvalue weighted by Gasteiger charge is 2.22. The van der Waals surface area contributed by atoms with Crippen LogP contribution in [0.4, 0.5) is 16.4 Å². The number of hydrogen-bond acceptors (Lipinski definition) is 7. The first-order valence-electron chi connectivity index (χ1n) is 10.0. The number of carbonyl (C=O) groups is 3. The van der Waals surface area contributed by atoms with Crippen LogP contribution >= 0.6 is 0 Å². The van der Waals surface area contributed by atoms with Crippen molar-refractivity contribution in [1.29, 1.82) is 0 Å². The van der Waals surface area contributed by atoms with Crippen molar-refractivity contribution in [3.05, 3.63) is 47.8 Å². The Morgan fingerprint density at radius 3 is 2.48 bits per heavy atom. The van der Waals surface area contributed by atoms with Crippen LogP contribution in [0.15, 0.2) is 36.7 Å². The molecule has 0 atom stereocenters. The SMILES string of the molecule is COC(=O)c1ccc(C)c(NC(=O)NCCC(=O)N2CCN(c3ncccn3)CC2)c1. The van der Waals surface area contributed by atoms with Gasteiger partial charge in [0, 0.05) is 57.2 Å². The second-order valence-corrected chi connectivity index (χ2v) is 7.07. The summed E-state index contributed by atoms with van der Waals surface area (Å²) in [6, 6.07) is 6.24. The fourth-order valence-corrected chi connectivity index (χ4v) is 3.22. The lowest BCUT2D eigenvalue weighted by Gasteiger charge is -2.34. The van der Waals surface area contributed by atoms with Gasteiger partial charge in [0.25, 0.3) is 0 Å². The topological polar surface area (TPSA) is 117 Å². The molecule has 1 aromatic carbocycles. The third kappa shape index (κ3) is 5.91. The van der Waals surface area contributed by atoms with Crippen molar-refractivity contribution in [2.24, 2.45) is 0 Å². The van der Waals surface area contributed by atoms with Gasteiger partial charge in [0.05, 0.1) is 12.7 Å². The van der Waals surface area contributed by atoms with Gasteiger partial charge in [-0.05, 0) is 30.7 Å². The maximum atomic E-state index is 12.4. The predicted molar refractivity (Wildman–Crippen MR) is 115 cm³/mol. The van der Waals surface area contributed by atoms with E-state index in [1.165, 1.54) is 7.11 Å². The fraction of sp³-hybridized carbons (Fsp3) is 0.381. The third-order valence-corrected chi connectivity index (χ3v) is 5.00. The van der Waals surface area contributed by atoms with Crippen molar-refractivity contribution in [3.8, 4) is 0 Å². The molecular formula is C21H26N6O4. The van der Waals surface area contributed by atoms with Crippen LogP contribution < -0.4 is 15.5 Å². The van der Waals surface area contributed by atoms with E-state index in [0.29, 0.717) is 43.4 Å². The van der Waals surface area contributed by atoms with Crippen molar-refractivity contribution in [2.75, 3.05) is 50.1 Å². The first-order valence-corrected chi connectivity index (χ1v) is 10.0. The Labute approximate surface area is 180 Å². The minimum Gasteiger partial charge on any atom is -0.465 e. The number of methoxy groups -OCH3 is 1. The molecule has 1 saturated heterocycles. The standard InChI is InChI=1S/C21H26N6O4/c1-15-4-5-16(19(29)31-2)14-17(15)25-21(30)24-9-6-18(28)26-10-12-27(13-11-26)20-22-7-3-8-23-20/h3-5,7-8,14H,6,9-13H2,1-2H3,(H2,24,25,30). The van der Waals surface area contributed by atoms with Gasteiger partial charge in [-0.3, -0.25) is 4.79 Å². The second-order valence-electron chi connectivity index (χ2n) is 7.07. The van der Waals surface area contributed by atoms with Gasteiger partial charge >= 0.3 is 12.0 Å². The molecule has 1 aliphatic rings. The Hall–Kier alpha value is -3.69. The Balaban J connectivity index is 1.42. The number of nitrogens with zero attached hydrogens (tertiary/aromatic N) is 4. The summed E-state index contributed by atoms with van der Waals surface area (Å²) in [5.41, 5.74) is 1.66. The summed E-state index contributed by atoms with van der Waals surface area (Å²) in [6.07, 6.45) is 3.60. The fourth-order valence-electron chi connectivity index (χ4n) is 3.22. The van der Waals surface area contributed by atoms with E-state index in [4.69, 9.17) is 4.74 Å². The molecule has 31 heavy (non-hydrogen) atoms. The van der Waals surface area contributed by atoms with Crippen LogP contribution in [0.5, 0.6) is 0 Å². The number of ether oxygens (including phenoxy) is 1. The predicted octanol–water partition coefficient (Wildman–Crippen LogP) is 1.43. The lowest BCUT2D eigenvalue weighted by atomic mass is 10.1. The molecule has 3 amide bonds. The van der Waals surface area contributed by atoms with Gasteiger partial charge in [-0.1, -0.05) is 6.07 Å². The lowest BCUT2D eigenvalue weighted by molar-refractivity contribution is -0.131. The first-order chi connectivity index (χ1) is 15.0. The molecule has 1 aliphatic heterocycles. The highest BCUT2D eigenvalue weighted by molar-refractivity contribution is 5.94. The van der Waals surface area contributed by atoms with E-state index in [0.717, 1.165) is 5.56 Å². The highest BCUT2D eigenvalue weighted by atomic mass is 16.5. The van der Waals surface area contributed by atoms with Crippen LogP contribution in [0, 0.1) is 6.92 Å². The van der Waals surface area contributed by atoms with Crippen LogP contribution in [0.1, 0.15) is 22.3 Å². The van der Waals surface area contributed by atoms with Gasteiger partial charge in [-0.2, -0.15) is 0 Å². The molecule has 164 valence electrons. The van der Waals surface area contributed by atoms with Crippen molar-refractivity contribution in [2.45, 2.75) is 13.3 Å². The summed E-state index contributed by atoms with van der Waals surface area (Å²) in [6.45, 7) is 4.54. The number of piperazine rings is 1. The molecule has 0 bridgehead atoms. The van der Waals surface area contributed by atoms with Gasteiger partial charge in [-0.25, -0.2) is 19.6 Å². The number of carbonyl (C=O) groups excluding carboxylic acids is 3. The van der Waals surface area contributed by atoms with Gasteiger partial charge < -0.3 is 25.2 Å². The maximum Gasteiger partial charge on any atom is 0.337 e.